The molecular formula is C18H26BrN3O3S. The number of hydrogen-bond acceptors (Lipinski definition) is 4. The van der Waals surface area contributed by atoms with Gasteiger partial charge >= 0.3 is 0 Å². The molecule has 144 valence electrons. The van der Waals surface area contributed by atoms with Crippen molar-refractivity contribution in [1.29, 1.82) is 0 Å². The van der Waals surface area contributed by atoms with E-state index in [0.29, 0.717) is 22.6 Å². The highest BCUT2D eigenvalue weighted by Crippen LogP contribution is 2.25. The van der Waals surface area contributed by atoms with E-state index in [1.165, 1.54) is 25.0 Å². The summed E-state index contributed by atoms with van der Waals surface area (Å²) in [5, 5.41) is 2.97. The molecule has 3 rings (SSSR count). The third-order valence-corrected chi connectivity index (χ3v) is 7.23. The van der Waals surface area contributed by atoms with Gasteiger partial charge in [0.1, 0.15) is 0 Å². The summed E-state index contributed by atoms with van der Waals surface area (Å²) in [6, 6.07) is 4.94. The molecule has 2 N–H and O–H groups in total. The van der Waals surface area contributed by atoms with Crippen LogP contribution in [0.5, 0.6) is 0 Å². The number of rotatable bonds is 8. The highest BCUT2D eigenvalue weighted by Gasteiger charge is 2.29. The van der Waals surface area contributed by atoms with E-state index in [9.17, 15) is 13.2 Å². The SMILES string of the molecule is CC[C@@H](CNC(=O)c1cc(S(=O)(=O)NC2CC2)ccc1Br)N1CCCC1. The molecular weight excluding hydrogens is 418 g/mol. The van der Waals surface area contributed by atoms with Crippen molar-refractivity contribution >= 4 is 31.9 Å². The molecule has 2 fully saturated rings. The topological polar surface area (TPSA) is 78.5 Å². The van der Waals surface area contributed by atoms with E-state index in [0.717, 1.165) is 32.4 Å². The number of hydrogen-bond donors (Lipinski definition) is 2. The largest absolute Gasteiger partial charge is 0.350 e. The maximum Gasteiger partial charge on any atom is 0.252 e. The quantitative estimate of drug-likeness (QED) is 0.646. The predicted molar refractivity (Wildman–Crippen MR) is 105 cm³/mol. The van der Waals surface area contributed by atoms with Crippen molar-refractivity contribution in [3.63, 3.8) is 0 Å². The summed E-state index contributed by atoms with van der Waals surface area (Å²) < 4.78 is 28.0. The molecule has 0 radical (unpaired) electrons. The van der Waals surface area contributed by atoms with Crippen molar-refractivity contribution in [1.82, 2.24) is 14.9 Å². The van der Waals surface area contributed by atoms with Gasteiger partial charge in [-0.15, -0.1) is 0 Å². The summed E-state index contributed by atoms with van der Waals surface area (Å²) in [5.41, 5.74) is 0.347. The molecule has 1 atom stereocenters. The van der Waals surface area contributed by atoms with Crippen LogP contribution in [0.4, 0.5) is 0 Å². The van der Waals surface area contributed by atoms with Crippen molar-refractivity contribution in [3.8, 4) is 0 Å². The Morgan fingerprint density at radius 1 is 1.31 bits per heavy atom. The first-order valence-electron chi connectivity index (χ1n) is 9.25. The number of nitrogens with zero attached hydrogens (tertiary/aromatic N) is 1. The lowest BCUT2D eigenvalue weighted by atomic mass is 10.1. The zero-order valence-corrected chi connectivity index (χ0v) is 17.4. The molecule has 1 heterocycles. The van der Waals surface area contributed by atoms with E-state index >= 15 is 0 Å². The average molecular weight is 444 g/mol. The molecule has 26 heavy (non-hydrogen) atoms. The minimum atomic E-state index is -3.58. The highest BCUT2D eigenvalue weighted by atomic mass is 79.9. The summed E-state index contributed by atoms with van der Waals surface area (Å²) in [7, 11) is -3.58. The van der Waals surface area contributed by atoms with Crippen LogP contribution in [-0.4, -0.2) is 50.9 Å². The van der Waals surface area contributed by atoms with Crippen LogP contribution in [0.1, 0.15) is 49.4 Å². The van der Waals surface area contributed by atoms with Crippen molar-refractivity contribution < 1.29 is 13.2 Å². The fourth-order valence-electron chi connectivity index (χ4n) is 3.28. The number of sulfonamides is 1. The van der Waals surface area contributed by atoms with Crippen LogP contribution in [-0.2, 0) is 10.0 Å². The fourth-order valence-corrected chi connectivity index (χ4v) is 5.04. The van der Waals surface area contributed by atoms with Crippen molar-refractivity contribution in [2.75, 3.05) is 19.6 Å². The van der Waals surface area contributed by atoms with Gasteiger partial charge in [0.15, 0.2) is 0 Å². The lowest BCUT2D eigenvalue weighted by Gasteiger charge is -2.26. The minimum Gasteiger partial charge on any atom is -0.350 e. The summed E-state index contributed by atoms with van der Waals surface area (Å²) in [6.07, 6.45) is 5.14. The zero-order chi connectivity index (χ0) is 18.7. The molecule has 1 aliphatic carbocycles. The first-order valence-corrected chi connectivity index (χ1v) is 11.5. The lowest BCUT2D eigenvalue weighted by molar-refractivity contribution is 0.0936. The maximum atomic E-state index is 12.6. The molecule has 1 aliphatic heterocycles. The van der Waals surface area contributed by atoms with E-state index in [4.69, 9.17) is 0 Å². The smallest absolute Gasteiger partial charge is 0.252 e. The monoisotopic (exact) mass is 443 g/mol. The number of amides is 1. The van der Waals surface area contributed by atoms with Gasteiger partial charge in [0.2, 0.25) is 10.0 Å². The van der Waals surface area contributed by atoms with Crippen LogP contribution < -0.4 is 10.0 Å². The molecule has 1 saturated carbocycles. The first-order chi connectivity index (χ1) is 12.4. The van der Waals surface area contributed by atoms with Gasteiger partial charge in [-0.25, -0.2) is 13.1 Å². The molecule has 1 saturated heterocycles. The molecule has 0 unspecified atom stereocenters. The van der Waals surface area contributed by atoms with E-state index in [1.807, 2.05) is 0 Å². The number of carbonyl (C=O) groups is 1. The van der Waals surface area contributed by atoms with E-state index in [-0.39, 0.29) is 16.8 Å². The second-order valence-corrected chi connectivity index (χ2v) is 9.62. The number of nitrogens with one attached hydrogen (secondary N) is 2. The maximum absolute atomic E-state index is 12.6. The van der Waals surface area contributed by atoms with Gasteiger partial charge in [0.25, 0.3) is 5.91 Å². The Balaban J connectivity index is 1.68. The Morgan fingerprint density at radius 2 is 2.00 bits per heavy atom. The van der Waals surface area contributed by atoms with Gasteiger partial charge in [-0.1, -0.05) is 6.92 Å². The first kappa shape index (κ1) is 19.8. The Hall–Kier alpha value is -0.960. The Labute approximate surface area is 163 Å². The molecule has 1 aromatic carbocycles. The summed E-state index contributed by atoms with van der Waals surface area (Å²) in [4.78, 5) is 15.2. The third-order valence-electron chi connectivity index (χ3n) is 5.02. The van der Waals surface area contributed by atoms with Crippen molar-refractivity contribution in [3.05, 3.63) is 28.2 Å². The van der Waals surface area contributed by atoms with Crippen LogP contribution in [0.3, 0.4) is 0 Å². The summed E-state index contributed by atoms with van der Waals surface area (Å²) in [6.45, 7) is 4.86. The van der Waals surface area contributed by atoms with Crippen LogP contribution in [0.2, 0.25) is 0 Å². The van der Waals surface area contributed by atoms with Crippen LogP contribution in [0, 0.1) is 0 Å². The van der Waals surface area contributed by atoms with Gasteiger partial charge in [-0.3, -0.25) is 9.69 Å². The highest BCUT2D eigenvalue weighted by molar-refractivity contribution is 9.10. The number of likely N-dealkylation sites (tertiary alicyclic amines) is 1. The predicted octanol–water partition coefficient (Wildman–Crippen LogP) is 2.49. The van der Waals surface area contributed by atoms with Crippen molar-refractivity contribution in [2.45, 2.75) is 56.0 Å². The third kappa shape index (κ3) is 4.85. The molecule has 0 aromatic heterocycles. The van der Waals surface area contributed by atoms with Crippen molar-refractivity contribution in [2.24, 2.45) is 0 Å². The number of benzene rings is 1. The Bertz CT molecular complexity index is 759. The second-order valence-electron chi connectivity index (χ2n) is 7.05. The van der Waals surface area contributed by atoms with Gasteiger partial charge in [0, 0.05) is 23.1 Å². The van der Waals surface area contributed by atoms with Gasteiger partial charge in [-0.2, -0.15) is 0 Å². The zero-order valence-electron chi connectivity index (χ0n) is 15.0. The molecule has 0 bridgehead atoms. The minimum absolute atomic E-state index is 0.0340. The molecule has 2 aliphatic rings. The molecule has 6 nitrogen and oxygen atoms in total. The Kier molecular flexibility index (Phi) is 6.37. The van der Waals surface area contributed by atoms with Gasteiger partial charge in [0.05, 0.1) is 10.5 Å². The molecule has 1 aromatic rings. The lowest BCUT2D eigenvalue weighted by Crippen LogP contribution is -2.42. The molecule has 0 spiro atoms. The number of carbonyl (C=O) groups excluding carboxylic acids is 1. The van der Waals surface area contributed by atoms with Crippen LogP contribution in [0.25, 0.3) is 0 Å². The van der Waals surface area contributed by atoms with Gasteiger partial charge in [-0.05, 0) is 79.3 Å². The normalized spacial score (nSPS) is 19.5. The summed E-state index contributed by atoms with van der Waals surface area (Å²) >= 11 is 3.36. The molecule has 8 heteroatoms. The Morgan fingerprint density at radius 3 is 2.62 bits per heavy atom. The van der Waals surface area contributed by atoms with E-state index < -0.39 is 10.0 Å². The standard InChI is InChI=1S/C18H26BrN3O3S/c1-2-14(22-9-3-4-10-22)12-20-18(23)16-11-15(7-8-17(16)19)26(24,25)21-13-5-6-13/h7-8,11,13-14,21H,2-6,9-10,12H2,1H3,(H,20,23)/t14-/m0/s1. The van der Waals surface area contributed by atoms with Gasteiger partial charge < -0.3 is 5.32 Å². The van der Waals surface area contributed by atoms with E-state index in [2.05, 4.69) is 37.8 Å². The summed E-state index contributed by atoms with van der Waals surface area (Å²) in [5.74, 6) is -0.252. The van der Waals surface area contributed by atoms with Crippen LogP contribution in [0.15, 0.2) is 27.6 Å². The fraction of sp³-hybridized carbons (Fsp3) is 0.611. The van der Waals surface area contributed by atoms with E-state index in [1.54, 1.807) is 6.07 Å². The second kappa shape index (κ2) is 8.37. The van der Waals surface area contributed by atoms with Crippen LogP contribution >= 0.6 is 15.9 Å². The number of halogens is 1. The average Bonchev–Trinajstić information content (AvgIpc) is 3.24. The molecule has 1 amide bonds.